The highest BCUT2D eigenvalue weighted by Gasteiger charge is 2.34. The van der Waals surface area contributed by atoms with E-state index in [2.05, 4.69) is 29.0 Å². The van der Waals surface area contributed by atoms with Gasteiger partial charge < -0.3 is 10.2 Å². The first-order chi connectivity index (χ1) is 12.1. The molecule has 1 aliphatic carbocycles. The van der Waals surface area contributed by atoms with Crippen LogP contribution in [-0.2, 0) is 9.59 Å². The Labute approximate surface area is 152 Å². The van der Waals surface area contributed by atoms with Crippen LogP contribution in [0.1, 0.15) is 65.2 Å². The van der Waals surface area contributed by atoms with Gasteiger partial charge in [-0.15, -0.1) is 0 Å². The summed E-state index contributed by atoms with van der Waals surface area (Å²) in [5.41, 5.74) is 0. The van der Waals surface area contributed by atoms with Crippen molar-refractivity contribution in [3.63, 3.8) is 0 Å². The lowest BCUT2D eigenvalue weighted by molar-refractivity contribution is -0.137. The van der Waals surface area contributed by atoms with Crippen molar-refractivity contribution in [2.75, 3.05) is 26.2 Å². The molecule has 25 heavy (non-hydrogen) atoms. The zero-order valence-electron chi connectivity index (χ0n) is 16.0. The fourth-order valence-corrected chi connectivity index (χ4v) is 4.45. The first kappa shape index (κ1) is 18.7. The first-order valence-corrected chi connectivity index (χ1v) is 10.5. The highest BCUT2D eigenvalue weighted by Crippen LogP contribution is 2.26. The Hall–Kier alpha value is -1.10. The number of rotatable bonds is 6. The Morgan fingerprint density at radius 1 is 1.00 bits per heavy atom. The standard InChI is InChI=1S/C20H35N3O2/c1-3-15(4-2)20(25)22-12-9-18(10-13-22)23-11-5-6-16(14-23)19(24)21-17-7-8-17/h15-18H,3-14H2,1-2H3,(H,21,24). The molecule has 2 heterocycles. The summed E-state index contributed by atoms with van der Waals surface area (Å²) in [6.45, 7) is 8.01. The number of nitrogens with zero attached hydrogens (tertiary/aromatic N) is 2. The minimum atomic E-state index is 0.165. The lowest BCUT2D eigenvalue weighted by Crippen LogP contribution is -2.52. The highest BCUT2D eigenvalue weighted by molar-refractivity contribution is 5.79. The van der Waals surface area contributed by atoms with E-state index in [-0.39, 0.29) is 17.7 Å². The monoisotopic (exact) mass is 349 g/mol. The van der Waals surface area contributed by atoms with Gasteiger partial charge in [0.05, 0.1) is 5.92 Å². The third-order valence-corrected chi connectivity index (χ3v) is 6.37. The number of hydrogen-bond acceptors (Lipinski definition) is 3. The van der Waals surface area contributed by atoms with Crippen molar-refractivity contribution in [1.82, 2.24) is 15.1 Å². The zero-order valence-corrected chi connectivity index (χ0v) is 16.0. The average Bonchev–Trinajstić information content (AvgIpc) is 3.47. The fraction of sp³-hybridized carbons (Fsp3) is 0.900. The van der Waals surface area contributed by atoms with Crippen LogP contribution in [0, 0.1) is 11.8 Å². The third-order valence-electron chi connectivity index (χ3n) is 6.37. The summed E-state index contributed by atoms with van der Waals surface area (Å²) in [7, 11) is 0. The van der Waals surface area contributed by atoms with Crippen LogP contribution in [0.4, 0.5) is 0 Å². The number of amides is 2. The highest BCUT2D eigenvalue weighted by atomic mass is 16.2. The van der Waals surface area contributed by atoms with Crippen molar-refractivity contribution in [3.8, 4) is 0 Å². The molecule has 2 amide bonds. The maximum atomic E-state index is 12.6. The molecular weight excluding hydrogens is 314 g/mol. The maximum Gasteiger partial charge on any atom is 0.225 e. The first-order valence-electron chi connectivity index (χ1n) is 10.5. The van der Waals surface area contributed by atoms with Crippen molar-refractivity contribution in [3.05, 3.63) is 0 Å². The van der Waals surface area contributed by atoms with Crippen LogP contribution in [0.3, 0.4) is 0 Å². The van der Waals surface area contributed by atoms with E-state index in [1.165, 1.54) is 0 Å². The van der Waals surface area contributed by atoms with Crippen LogP contribution >= 0.6 is 0 Å². The van der Waals surface area contributed by atoms with Gasteiger partial charge in [-0.25, -0.2) is 0 Å². The van der Waals surface area contributed by atoms with E-state index in [9.17, 15) is 9.59 Å². The molecule has 1 atom stereocenters. The molecule has 0 radical (unpaired) electrons. The molecule has 1 N–H and O–H groups in total. The zero-order chi connectivity index (χ0) is 17.8. The van der Waals surface area contributed by atoms with E-state index >= 15 is 0 Å². The van der Waals surface area contributed by atoms with Crippen LogP contribution in [0.15, 0.2) is 0 Å². The minimum absolute atomic E-state index is 0.165. The molecule has 1 unspecified atom stereocenters. The molecule has 0 aromatic heterocycles. The Kier molecular flexibility index (Phi) is 6.37. The molecule has 3 aliphatic rings. The number of nitrogens with one attached hydrogen (secondary N) is 1. The van der Waals surface area contributed by atoms with Crippen LogP contribution in [0.25, 0.3) is 0 Å². The smallest absolute Gasteiger partial charge is 0.225 e. The van der Waals surface area contributed by atoms with Crippen LogP contribution in [-0.4, -0.2) is 59.9 Å². The Balaban J connectivity index is 1.47. The van der Waals surface area contributed by atoms with Crippen molar-refractivity contribution in [1.29, 1.82) is 0 Å². The van der Waals surface area contributed by atoms with Gasteiger partial charge in [-0.05, 0) is 57.9 Å². The van der Waals surface area contributed by atoms with Gasteiger partial charge in [0, 0.05) is 37.6 Å². The van der Waals surface area contributed by atoms with E-state index in [1.54, 1.807) is 0 Å². The molecule has 0 spiro atoms. The average molecular weight is 350 g/mol. The predicted molar refractivity (Wildman–Crippen MR) is 99.1 cm³/mol. The second kappa shape index (κ2) is 8.52. The second-order valence-electron chi connectivity index (χ2n) is 8.19. The summed E-state index contributed by atoms with van der Waals surface area (Å²) in [6.07, 6.45) is 8.47. The molecule has 0 aromatic rings. The Morgan fingerprint density at radius 3 is 2.28 bits per heavy atom. The lowest BCUT2D eigenvalue weighted by Gasteiger charge is -2.42. The van der Waals surface area contributed by atoms with E-state index in [0.29, 0.717) is 18.0 Å². The summed E-state index contributed by atoms with van der Waals surface area (Å²) in [4.78, 5) is 29.5. The van der Waals surface area contributed by atoms with Crippen LogP contribution < -0.4 is 5.32 Å². The molecule has 5 heteroatoms. The Bertz CT molecular complexity index is 466. The van der Waals surface area contributed by atoms with E-state index in [0.717, 1.165) is 77.5 Å². The lowest BCUT2D eigenvalue weighted by atomic mass is 9.92. The number of carbonyl (C=O) groups excluding carboxylic acids is 2. The van der Waals surface area contributed by atoms with Gasteiger partial charge >= 0.3 is 0 Å². The topological polar surface area (TPSA) is 52.7 Å². The second-order valence-corrected chi connectivity index (χ2v) is 8.19. The molecule has 0 bridgehead atoms. The molecule has 1 saturated carbocycles. The van der Waals surface area contributed by atoms with Gasteiger partial charge in [0.2, 0.25) is 11.8 Å². The third kappa shape index (κ3) is 4.75. The summed E-state index contributed by atoms with van der Waals surface area (Å²) >= 11 is 0. The largest absolute Gasteiger partial charge is 0.353 e. The minimum Gasteiger partial charge on any atom is -0.353 e. The number of carbonyl (C=O) groups is 2. The summed E-state index contributed by atoms with van der Waals surface area (Å²) in [5, 5.41) is 3.18. The molecular formula is C20H35N3O2. The molecule has 3 rings (SSSR count). The molecule has 2 aliphatic heterocycles. The van der Waals surface area contributed by atoms with Gasteiger partial charge in [-0.2, -0.15) is 0 Å². The number of hydrogen-bond donors (Lipinski definition) is 1. The number of likely N-dealkylation sites (tertiary alicyclic amines) is 2. The summed E-state index contributed by atoms with van der Waals surface area (Å²) in [6, 6.07) is 1.00. The van der Waals surface area contributed by atoms with Crippen molar-refractivity contribution >= 4 is 11.8 Å². The molecule has 2 saturated heterocycles. The quantitative estimate of drug-likeness (QED) is 0.801. The normalized spacial score (nSPS) is 26.0. The molecule has 3 fully saturated rings. The van der Waals surface area contributed by atoms with E-state index in [4.69, 9.17) is 0 Å². The van der Waals surface area contributed by atoms with E-state index in [1.807, 2.05) is 0 Å². The van der Waals surface area contributed by atoms with Gasteiger partial charge in [0.25, 0.3) is 0 Å². The van der Waals surface area contributed by atoms with Gasteiger partial charge in [-0.1, -0.05) is 13.8 Å². The SMILES string of the molecule is CCC(CC)C(=O)N1CCC(N2CCCC(C(=O)NC3CC3)C2)CC1. The van der Waals surface area contributed by atoms with Crippen molar-refractivity contribution < 1.29 is 9.59 Å². The summed E-state index contributed by atoms with van der Waals surface area (Å²) in [5.74, 6) is 0.984. The van der Waals surface area contributed by atoms with E-state index < -0.39 is 0 Å². The Morgan fingerprint density at radius 2 is 1.68 bits per heavy atom. The van der Waals surface area contributed by atoms with Crippen molar-refractivity contribution in [2.45, 2.75) is 77.3 Å². The fourth-order valence-electron chi connectivity index (χ4n) is 4.45. The maximum absolute atomic E-state index is 12.6. The van der Waals surface area contributed by atoms with Crippen LogP contribution in [0.2, 0.25) is 0 Å². The van der Waals surface area contributed by atoms with Gasteiger partial charge in [0.1, 0.15) is 0 Å². The molecule has 0 aromatic carbocycles. The van der Waals surface area contributed by atoms with Gasteiger partial charge in [-0.3, -0.25) is 14.5 Å². The predicted octanol–water partition coefficient (Wildman–Crippen LogP) is 2.40. The molecule has 5 nitrogen and oxygen atoms in total. The van der Waals surface area contributed by atoms with Crippen LogP contribution in [0.5, 0.6) is 0 Å². The van der Waals surface area contributed by atoms with Gasteiger partial charge in [0.15, 0.2) is 0 Å². The molecule has 142 valence electrons. The van der Waals surface area contributed by atoms with Crippen molar-refractivity contribution in [2.24, 2.45) is 11.8 Å². The summed E-state index contributed by atoms with van der Waals surface area (Å²) < 4.78 is 0. The number of piperidine rings is 2.